The van der Waals surface area contributed by atoms with Crippen molar-refractivity contribution in [3.05, 3.63) is 48.4 Å². The molecular weight excluding hydrogens is 304 g/mol. The Kier molecular flexibility index (Phi) is 4.31. The minimum absolute atomic E-state index is 0.227. The van der Waals surface area contributed by atoms with Gasteiger partial charge in [-0.1, -0.05) is 0 Å². The van der Waals surface area contributed by atoms with Crippen LogP contribution >= 0.6 is 0 Å². The molecule has 120 valence electrons. The summed E-state index contributed by atoms with van der Waals surface area (Å²) in [6.07, 6.45) is 4.91. The van der Waals surface area contributed by atoms with Gasteiger partial charge in [0.05, 0.1) is 6.20 Å². The van der Waals surface area contributed by atoms with E-state index in [4.69, 9.17) is 0 Å². The molecule has 1 aromatic carbocycles. The number of amides is 2. The first-order valence-electron chi connectivity index (χ1n) is 7.15. The number of hydrogen-bond donors (Lipinski definition) is 1. The molecule has 2 heterocycles. The second-order valence-corrected chi connectivity index (χ2v) is 5.10. The summed E-state index contributed by atoms with van der Waals surface area (Å²) >= 11 is 0. The largest absolute Gasteiger partial charge is 0.352 e. The van der Waals surface area contributed by atoms with E-state index in [0.29, 0.717) is 26.2 Å². The molecule has 0 saturated carbocycles. The molecular formula is C15H15F2N5O. The van der Waals surface area contributed by atoms with Crippen molar-refractivity contribution in [2.75, 3.05) is 36.4 Å². The molecule has 1 N–H and O–H groups in total. The van der Waals surface area contributed by atoms with Gasteiger partial charge < -0.3 is 15.1 Å². The lowest BCUT2D eigenvalue weighted by atomic mass is 10.3. The van der Waals surface area contributed by atoms with Gasteiger partial charge >= 0.3 is 6.03 Å². The van der Waals surface area contributed by atoms with Gasteiger partial charge in [-0.25, -0.2) is 18.6 Å². The molecule has 0 bridgehead atoms. The molecule has 23 heavy (non-hydrogen) atoms. The number of rotatable bonds is 2. The number of hydrogen-bond acceptors (Lipinski definition) is 4. The van der Waals surface area contributed by atoms with Crippen LogP contribution in [0.4, 0.5) is 25.1 Å². The Hall–Kier alpha value is -2.77. The van der Waals surface area contributed by atoms with E-state index in [-0.39, 0.29) is 11.7 Å². The molecule has 0 aliphatic carbocycles. The fourth-order valence-corrected chi connectivity index (χ4v) is 2.37. The third-order valence-corrected chi connectivity index (χ3v) is 3.61. The van der Waals surface area contributed by atoms with Crippen molar-refractivity contribution in [2.45, 2.75) is 0 Å². The molecule has 3 rings (SSSR count). The highest BCUT2D eigenvalue weighted by Gasteiger charge is 2.22. The summed E-state index contributed by atoms with van der Waals surface area (Å²) in [6, 6.07) is 2.93. The zero-order valence-corrected chi connectivity index (χ0v) is 12.2. The lowest BCUT2D eigenvalue weighted by Gasteiger charge is -2.35. The molecule has 0 radical (unpaired) electrons. The Labute approximate surface area is 131 Å². The summed E-state index contributed by atoms with van der Waals surface area (Å²) in [6.45, 7) is 2.27. The van der Waals surface area contributed by atoms with Crippen molar-refractivity contribution in [1.82, 2.24) is 14.9 Å². The van der Waals surface area contributed by atoms with Gasteiger partial charge in [-0.3, -0.25) is 4.98 Å². The Bertz CT molecular complexity index is 690. The van der Waals surface area contributed by atoms with E-state index >= 15 is 0 Å². The summed E-state index contributed by atoms with van der Waals surface area (Å²) in [7, 11) is 0. The van der Waals surface area contributed by atoms with Crippen LogP contribution in [0.15, 0.2) is 36.8 Å². The minimum atomic E-state index is -0.990. The number of nitrogens with one attached hydrogen (secondary N) is 1. The molecule has 8 heteroatoms. The summed E-state index contributed by atoms with van der Waals surface area (Å²) < 4.78 is 26.0. The Morgan fingerprint density at radius 1 is 1.09 bits per heavy atom. The first kappa shape index (κ1) is 15.1. The Morgan fingerprint density at radius 3 is 2.52 bits per heavy atom. The normalized spacial score (nSPS) is 14.7. The van der Waals surface area contributed by atoms with Crippen molar-refractivity contribution >= 4 is 17.5 Å². The highest BCUT2D eigenvalue weighted by molar-refractivity contribution is 5.89. The maximum absolute atomic E-state index is 13.2. The van der Waals surface area contributed by atoms with Crippen molar-refractivity contribution in [3.8, 4) is 0 Å². The van der Waals surface area contributed by atoms with Crippen molar-refractivity contribution in [2.24, 2.45) is 0 Å². The van der Waals surface area contributed by atoms with Crippen LogP contribution in [-0.2, 0) is 0 Å². The van der Waals surface area contributed by atoms with Crippen LogP contribution in [0.1, 0.15) is 0 Å². The third kappa shape index (κ3) is 3.53. The summed E-state index contributed by atoms with van der Waals surface area (Å²) in [5, 5.41) is 2.57. The molecule has 1 aliphatic heterocycles. The molecule has 0 spiro atoms. The highest BCUT2D eigenvalue weighted by Crippen LogP contribution is 2.15. The van der Waals surface area contributed by atoms with Crippen LogP contribution in [0.25, 0.3) is 0 Å². The van der Waals surface area contributed by atoms with Gasteiger partial charge in [0.2, 0.25) is 0 Å². The van der Waals surface area contributed by atoms with Gasteiger partial charge in [0.1, 0.15) is 5.82 Å². The number of carbonyl (C=O) groups excluding carboxylic acids is 1. The maximum Gasteiger partial charge on any atom is 0.321 e. The zero-order valence-electron chi connectivity index (χ0n) is 12.2. The fraction of sp³-hybridized carbons (Fsp3) is 0.267. The smallest absolute Gasteiger partial charge is 0.321 e. The van der Waals surface area contributed by atoms with Gasteiger partial charge in [0.15, 0.2) is 11.6 Å². The zero-order chi connectivity index (χ0) is 16.2. The second-order valence-electron chi connectivity index (χ2n) is 5.10. The first-order chi connectivity index (χ1) is 11.1. The maximum atomic E-state index is 13.2. The highest BCUT2D eigenvalue weighted by atomic mass is 19.2. The van der Waals surface area contributed by atoms with Crippen LogP contribution < -0.4 is 10.2 Å². The topological polar surface area (TPSA) is 61.4 Å². The predicted molar refractivity (Wildman–Crippen MR) is 81.2 cm³/mol. The van der Waals surface area contributed by atoms with E-state index in [9.17, 15) is 13.6 Å². The van der Waals surface area contributed by atoms with Crippen molar-refractivity contribution < 1.29 is 13.6 Å². The van der Waals surface area contributed by atoms with E-state index in [1.54, 1.807) is 23.5 Å². The molecule has 1 aliphatic rings. The number of halogens is 2. The van der Waals surface area contributed by atoms with Gasteiger partial charge in [-0.2, -0.15) is 0 Å². The van der Waals surface area contributed by atoms with Crippen LogP contribution in [0.3, 0.4) is 0 Å². The van der Waals surface area contributed by atoms with Gasteiger partial charge in [-0.05, 0) is 12.1 Å². The van der Waals surface area contributed by atoms with E-state index in [2.05, 4.69) is 15.3 Å². The Morgan fingerprint density at radius 2 is 1.87 bits per heavy atom. The average molecular weight is 319 g/mol. The number of urea groups is 1. The van der Waals surface area contributed by atoms with Crippen LogP contribution in [0, 0.1) is 11.6 Å². The second kappa shape index (κ2) is 6.55. The number of piperazine rings is 1. The van der Waals surface area contributed by atoms with Gasteiger partial charge in [-0.15, -0.1) is 0 Å². The molecule has 2 amide bonds. The van der Waals surface area contributed by atoms with Gasteiger partial charge in [0.25, 0.3) is 0 Å². The monoisotopic (exact) mass is 319 g/mol. The number of nitrogens with zero attached hydrogens (tertiary/aromatic N) is 4. The summed E-state index contributed by atoms with van der Waals surface area (Å²) in [5.41, 5.74) is 0.227. The fourth-order valence-electron chi connectivity index (χ4n) is 2.37. The van der Waals surface area contributed by atoms with Crippen LogP contribution in [0.2, 0.25) is 0 Å². The minimum Gasteiger partial charge on any atom is -0.352 e. The van der Waals surface area contributed by atoms with Crippen LogP contribution in [0.5, 0.6) is 0 Å². The molecule has 1 fully saturated rings. The predicted octanol–water partition coefficient (Wildman–Crippen LogP) is 2.11. The van der Waals surface area contributed by atoms with E-state index in [0.717, 1.165) is 18.0 Å². The third-order valence-electron chi connectivity index (χ3n) is 3.61. The number of benzene rings is 1. The molecule has 6 nitrogen and oxygen atoms in total. The summed E-state index contributed by atoms with van der Waals surface area (Å²) in [4.78, 5) is 24.1. The average Bonchev–Trinajstić information content (AvgIpc) is 2.59. The van der Waals surface area contributed by atoms with E-state index in [1.165, 1.54) is 6.07 Å². The van der Waals surface area contributed by atoms with E-state index in [1.807, 2.05) is 4.90 Å². The quantitative estimate of drug-likeness (QED) is 0.921. The van der Waals surface area contributed by atoms with Crippen molar-refractivity contribution in [3.63, 3.8) is 0 Å². The molecule has 1 aromatic heterocycles. The first-order valence-corrected chi connectivity index (χ1v) is 7.15. The molecule has 1 saturated heterocycles. The molecule has 2 aromatic rings. The Balaban J connectivity index is 1.57. The van der Waals surface area contributed by atoms with Crippen LogP contribution in [-0.4, -0.2) is 47.1 Å². The number of aromatic nitrogens is 2. The van der Waals surface area contributed by atoms with E-state index < -0.39 is 11.6 Å². The number of carbonyl (C=O) groups is 1. The number of anilines is 2. The lowest BCUT2D eigenvalue weighted by molar-refractivity contribution is 0.208. The molecule has 0 atom stereocenters. The lowest BCUT2D eigenvalue weighted by Crippen LogP contribution is -2.50. The van der Waals surface area contributed by atoms with Gasteiger partial charge in [0, 0.05) is 50.3 Å². The van der Waals surface area contributed by atoms with Crippen molar-refractivity contribution in [1.29, 1.82) is 0 Å². The summed E-state index contributed by atoms with van der Waals surface area (Å²) in [5.74, 6) is -1.16. The standard InChI is InChI=1S/C15H15F2N5O/c16-12-2-1-11(9-13(12)17)20-15(23)22-7-5-21(6-8-22)14-10-18-3-4-19-14/h1-4,9-10H,5-8H2,(H,20,23). The SMILES string of the molecule is O=C(Nc1ccc(F)c(F)c1)N1CCN(c2cnccn2)CC1. The molecule has 0 unspecified atom stereocenters.